The number of amides is 1. The lowest BCUT2D eigenvalue weighted by Gasteiger charge is -2.21. The van der Waals surface area contributed by atoms with Gasteiger partial charge in [-0.3, -0.25) is 9.69 Å². The van der Waals surface area contributed by atoms with Gasteiger partial charge >= 0.3 is 0 Å². The van der Waals surface area contributed by atoms with Gasteiger partial charge in [-0.05, 0) is 37.1 Å². The van der Waals surface area contributed by atoms with Crippen molar-refractivity contribution >= 4 is 28.5 Å². The highest BCUT2D eigenvalue weighted by atomic mass is 35.5. The lowest BCUT2D eigenvalue weighted by Crippen LogP contribution is -2.35. The van der Waals surface area contributed by atoms with Crippen molar-refractivity contribution in [2.75, 3.05) is 33.3 Å². The van der Waals surface area contributed by atoms with E-state index in [1.807, 2.05) is 36.1 Å². The Morgan fingerprint density at radius 2 is 1.90 bits per heavy atom. The number of furan rings is 1. The molecule has 0 unspecified atom stereocenters. The molecule has 29 heavy (non-hydrogen) atoms. The van der Waals surface area contributed by atoms with E-state index < -0.39 is 0 Å². The molecule has 0 bridgehead atoms. The number of benzene rings is 2. The molecule has 1 saturated heterocycles. The molecule has 4 rings (SSSR count). The molecule has 1 aliphatic rings. The number of hydrogen-bond acceptors (Lipinski definition) is 4. The molecule has 1 aliphatic heterocycles. The van der Waals surface area contributed by atoms with E-state index in [0.29, 0.717) is 22.9 Å². The normalized spacial score (nSPS) is 15.5. The van der Waals surface area contributed by atoms with E-state index in [1.165, 1.54) is 5.56 Å². The van der Waals surface area contributed by atoms with Crippen LogP contribution in [0.1, 0.15) is 28.1 Å². The first-order valence-electron chi connectivity index (χ1n) is 9.89. The number of carbonyl (C=O) groups is 1. The zero-order valence-corrected chi connectivity index (χ0v) is 17.5. The zero-order chi connectivity index (χ0) is 20.4. The summed E-state index contributed by atoms with van der Waals surface area (Å²) in [4.78, 5) is 17.4. The maximum atomic E-state index is 13.1. The van der Waals surface area contributed by atoms with E-state index in [1.54, 1.807) is 13.2 Å². The first kappa shape index (κ1) is 19.8. The van der Waals surface area contributed by atoms with Crippen LogP contribution in [-0.4, -0.2) is 49.0 Å². The van der Waals surface area contributed by atoms with Gasteiger partial charge in [-0.25, -0.2) is 0 Å². The van der Waals surface area contributed by atoms with Crippen LogP contribution in [-0.2, 0) is 6.54 Å². The number of ether oxygens (including phenoxy) is 1. The minimum atomic E-state index is -0.0546. The van der Waals surface area contributed by atoms with Gasteiger partial charge in [0.25, 0.3) is 5.91 Å². The molecule has 3 aromatic rings. The Hall–Kier alpha value is -2.50. The van der Waals surface area contributed by atoms with Crippen LogP contribution in [0.25, 0.3) is 11.0 Å². The molecule has 0 spiro atoms. The predicted molar refractivity (Wildman–Crippen MR) is 115 cm³/mol. The van der Waals surface area contributed by atoms with Crippen LogP contribution < -0.4 is 4.74 Å². The number of hydrogen-bond donors (Lipinski definition) is 0. The number of halogens is 1. The van der Waals surface area contributed by atoms with Crippen LogP contribution in [0, 0.1) is 6.92 Å². The standard InChI is InChI=1S/C23H25ClN2O3/c1-16-19-5-3-6-20(24)22(19)29-21(16)23(27)26-12-4-11-25(13-14-26)15-17-7-9-18(28-2)10-8-17/h3,5-10H,4,11-15H2,1-2H3. The zero-order valence-electron chi connectivity index (χ0n) is 16.8. The first-order chi connectivity index (χ1) is 14.1. The lowest BCUT2D eigenvalue weighted by molar-refractivity contribution is 0.0730. The average Bonchev–Trinajstić information content (AvgIpc) is 2.92. The molecule has 6 heteroatoms. The van der Waals surface area contributed by atoms with Gasteiger partial charge in [0.2, 0.25) is 0 Å². The van der Waals surface area contributed by atoms with Crippen LogP contribution in [0.4, 0.5) is 0 Å². The number of carbonyl (C=O) groups excluding carboxylic acids is 1. The Morgan fingerprint density at radius 1 is 1.10 bits per heavy atom. The molecule has 2 aromatic carbocycles. The van der Waals surface area contributed by atoms with Crippen molar-refractivity contribution in [3.8, 4) is 5.75 Å². The van der Waals surface area contributed by atoms with Gasteiger partial charge < -0.3 is 14.1 Å². The van der Waals surface area contributed by atoms with E-state index in [4.69, 9.17) is 20.8 Å². The number of nitrogens with zero attached hydrogens (tertiary/aromatic N) is 2. The van der Waals surface area contributed by atoms with Crippen molar-refractivity contribution in [3.63, 3.8) is 0 Å². The minimum Gasteiger partial charge on any atom is -0.497 e. The number of methoxy groups -OCH3 is 1. The highest BCUT2D eigenvalue weighted by molar-refractivity contribution is 6.35. The van der Waals surface area contributed by atoms with Gasteiger partial charge in [-0.2, -0.15) is 0 Å². The van der Waals surface area contributed by atoms with Gasteiger partial charge in [0, 0.05) is 43.7 Å². The molecule has 0 saturated carbocycles. The Morgan fingerprint density at radius 3 is 2.62 bits per heavy atom. The number of fused-ring (bicyclic) bond motifs is 1. The molecule has 0 N–H and O–H groups in total. The maximum Gasteiger partial charge on any atom is 0.289 e. The monoisotopic (exact) mass is 412 g/mol. The van der Waals surface area contributed by atoms with E-state index in [2.05, 4.69) is 17.0 Å². The van der Waals surface area contributed by atoms with Gasteiger partial charge in [-0.15, -0.1) is 0 Å². The molecule has 0 aliphatic carbocycles. The second kappa shape index (κ2) is 8.47. The van der Waals surface area contributed by atoms with Crippen molar-refractivity contribution in [3.05, 3.63) is 64.4 Å². The van der Waals surface area contributed by atoms with Crippen molar-refractivity contribution < 1.29 is 13.9 Å². The smallest absolute Gasteiger partial charge is 0.289 e. The number of aryl methyl sites for hydroxylation is 1. The molecular weight excluding hydrogens is 388 g/mol. The summed E-state index contributed by atoms with van der Waals surface area (Å²) in [5, 5.41) is 1.43. The summed E-state index contributed by atoms with van der Waals surface area (Å²) in [6, 6.07) is 13.8. The molecule has 5 nitrogen and oxygen atoms in total. The molecular formula is C23H25ClN2O3. The van der Waals surface area contributed by atoms with Gasteiger partial charge in [0.15, 0.2) is 11.3 Å². The van der Waals surface area contributed by atoms with Gasteiger partial charge in [0.05, 0.1) is 12.1 Å². The summed E-state index contributed by atoms with van der Waals surface area (Å²) < 4.78 is 11.1. The van der Waals surface area contributed by atoms with E-state index in [9.17, 15) is 4.79 Å². The highest BCUT2D eigenvalue weighted by Gasteiger charge is 2.26. The third-order valence-corrected chi connectivity index (χ3v) is 5.85. The van der Waals surface area contributed by atoms with Crippen LogP contribution in [0.15, 0.2) is 46.9 Å². The summed E-state index contributed by atoms with van der Waals surface area (Å²) in [5.41, 5.74) is 2.69. The van der Waals surface area contributed by atoms with E-state index in [-0.39, 0.29) is 5.91 Å². The molecule has 0 atom stereocenters. The van der Waals surface area contributed by atoms with Gasteiger partial charge in [0.1, 0.15) is 5.75 Å². The maximum absolute atomic E-state index is 13.1. The van der Waals surface area contributed by atoms with Crippen molar-refractivity contribution in [1.29, 1.82) is 0 Å². The SMILES string of the molecule is COc1ccc(CN2CCCN(C(=O)c3oc4c(Cl)cccc4c3C)CC2)cc1. The highest BCUT2D eigenvalue weighted by Crippen LogP contribution is 2.31. The number of para-hydroxylation sites is 1. The fourth-order valence-corrected chi connectivity index (χ4v) is 4.09. The summed E-state index contributed by atoms with van der Waals surface area (Å²) in [7, 11) is 1.67. The molecule has 2 heterocycles. The van der Waals surface area contributed by atoms with Crippen LogP contribution in [0.5, 0.6) is 5.75 Å². The van der Waals surface area contributed by atoms with Crippen molar-refractivity contribution in [1.82, 2.24) is 9.80 Å². The summed E-state index contributed by atoms with van der Waals surface area (Å²) in [6.07, 6.45) is 0.932. The third kappa shape index (κ3) is 4.11. The molecule has 1 amide bonds. The van der Waals surface area contributed by atoms with E-state index in [0.717, 1.165) is 49.3 Å². The topological polar surface area (TPSA) is 45.9 Å². The molecule has 1 fully saturated rings. The Bertz CT molecular complexity index is 1010. The first-order valence-corrected chi connectivity index (χ1v) is 10.3. The third-order valence-electron chi connectivity index (χ3n) is 5.55. The average molecular weight is 413 g/mol. The summed E-state index contributed by atoms with van der Waals surface area (Å²) in [5.74, 6) is 1.21. The van der Waals surface area contributed by atoms with Crippen molar-refractivity contribution in [2.45, 2.75) is 19.9 Å². The van der Waals surface area contributed by atoms with Crippen LogP contribution in [0.3, 0.4) is 0 Å². The van der Waals surface area contributed by atoms with Crippen molar-refractivity contribution in [2.24, 2.45) is 0 Å². The second-order valence-electron chi connectivity index (χ2n) is 7.44. The molecule has 1 aromatic heterocycles. The van der Waals surface area contributed by atoms with Crippen LogP contribution in [0.2, 0.25) is 5.02 Å². The minimum absolute atomic E-state index is 0.0546. The number of rotatable bonds is 4. The molecule has 152 valence electrons. The second-order valence-corrected chi connectivity index (χ2v) is 7.85. The quantitative estimate of drug-likeness (QED) is 0.620. The fourth-order valence-electron chi connectivity index (χ4n) is 3.88. The summed E-state index contributed by atoms with van der Waals surface area (Å²) in [6.45, 7) is 5.98. The van der Waals surface area contributed by atoms with E-state index >= 15 is 0 Å². The Labute approximate surface area is 175 Å². The Kier molecular flexibility index (Phi) is 5.79. The Balaban J connectivity index is 1.44. The fraction of sp³-hybridized carbons (Fsp3) is 0.348. The van der Waals surface area contributed by atoms with Crippen LogP contribution >= 0.6 is 11.6 Å². The molecule has 0 radical (unpaired) electrons. The van der Waals surface area contributed by atoms with Gasteiger partial charge in [-0.1, -0.05) is 35.9 Å². The summed E-state index contributed by atoms with van der Waals surface area (Å²) >= 11 is 6.24. The predicted octanol–water partition coefficient (Wildman–Crippen LogP) is 4.75. The lowest BCUT2D eigenvalue weighted by atomic mass is 10.1. The largest absolute Gasteiger partial charge is 0.497 e.